The molecule has 0 aliphatic rings. The van der Waals surface area contributed by atoms with Gasteiger partial charge in [0.1, 0.15) is 6.23 Å². The third-order valence-electron chi connectivity index (χ3n) is 4.01. The van der Waals surface area contributed by atoms with Crippen LogP contribution in [0.15, 0.2) is 48.8 Å². The van der Waals surface area contributed by atoms with E-state index in [1.165, 1.54) is 18.4 Å². The van der Waals surface area contributed by atoms with Crippen molar-refractivity contribution in [2.24, 2.45) is 5.73 Å². The Morgan fingerprint density at radius 3 is 2.76 bits per heavy atom. The number of anilines is 1. The van der Waals surface area contributed by atoms with Gasteiger partial charge in [-0.25, -0.2) is 4.79 Å². The molecule has 130 valence electrons. The predicted molar refractivity (Wildman–Crippen MR) is 98.8 cm³/mol. The fourth-order valence-corrected chi connectivity index (χ4v) is 3.59. The highest BCUT2D eigenvalue weighted by Gasteiger charge is 2.21. The Bertz CT molecular complexity index is 830. The van der Waals surface area contributed by atoms with Crippen LogP contribution in [0.1, 0.15) is 21.8 Å². The van der Waals surface area contributed by atoms with E-state index in [0.717, 1.165) is 20.7 Å². The standard InChI is InChI=1S/C18H19N3O3S/c1-24-18(23)12-4-2-11(3-5-12)14(9-19)17(22)21-16-8-13-6-7-20-10-15(13)25-16/h2-8,10,14,17,21-22H,9,19H2,1H3. The molecule has 0 amide bonds. The fourth-order valence-electron chi connectivity index (χ4n) is 2.63. The molecule has 0 fully saturated rings. The number of pyridine rings is 1. The first-order valence-corrected chi connectivity index (χ1v) is 8.60. The number of esters is 1. The number of hydrogen-bond donors (Lipinski definition) is 3. The normalized spacial score (nSPS) is 13.4. The molecule has 2 unspecified atom stereocenters. The minimum atomic E-state index is -0.852. The molecule has 7 heteroatoms. The molecule has 2 aromatic heterocycles. The second-order valence-corrected chi connectivity index (χ2v) is 6.65. The van der Waals surface area contributed by atoms with E-state index in [0.29, 0.717) is 5.56 Å². The molecule has 1 aromatic carbocycles. The molecule has 0 aliphatic carbocycles. The highest BCUT2D eigenvalue weighted by atomic mass is 32.1. The van der Waals surface area contributed by atoms with Gasteiger partial charge in [0.2, 0.25) is 0 Å². The first-order valence-electron chi connectivity index (χ1n) is 7.79. The van der Waals surface area contributed by atoms with Crippen molar-refractivity contribution in [2.45, 2.75) is 12.1 Å². The molecule has 0 bridgehead atoms. The maximum absolute atomic E-state index is 11.5. The van der Waals surface area contributed by atoms with Gasteiger partial charge in [0.25, 0.3) is 0 Å². The van der Waals surface area contributed by atoms with Crippen LogP contribution < -0.4 is 11.1 Å². The van der Waals surface area contributed by atoms with Gasteiger partial charge >= 0.3 is 5.97 Å². The maximum atomic E-state index is 11.5. The number of thiophene rings is 1. The van der Waals surface area contributed by atoms with Crippen molar-refractivity contribution < 1.29 is 14.6 Å². The van der Waals surface area contributed by atoms with E-state index in [1.54, 1.807) is 36.7 Å². The lowest BCUT2D eigenvalue weighted by Gasteiger charge is -2.23. The topological polar surface area (TPSA) is 97.5 Å². The van der Waals surface area contributed by atoms with Crippen LogP contribution in [-0.4, -0.2) is 35.9 Å². The Labute approximate surface area is 149 Å². The molecule has 0 aliphatic heterocycles. The number of benzene rings is 1. The van der Waals surface area contributed by atoms with Crippen molar-refractivity contribution in [3.05, 3.63) is 59.9 Å². The monoisotopic (exact) mass is 357 g/mol. The highest BCUT2D eigenvalue weighted by molar-refractivity contribution is 7.22. The summed E-state index contributed by atoms with van der Waals surface area (Å²) in [4.78, 5) is 15.6. The zero-order valence-electron chi connectivity index (χ0n) is 13.7. The highest BCUT2D eigenvalue weighted by Crippen LogP contribution is 2.30. The van der Waals surface area contributed by atoms with Gasteiger partial charge in [0.15, 0.2) is 0 Å². The number of methoxy groups -OCH3 is 1. The first kappa shape index (κ1) is 17.3. The van der Waals surface area contributed by atoms with Crippen LogP contribution in [0.4, 0.5) is 5.00 Å². The zero-order chi connectivity index (χ0) is 17.8. The van der Waals surface area contributed by atoms with Crippen LogP contribution in [-0.2, 0) is 4.74 Å². The van der Waals surface area contributed by atoms with Crippen LogP contribution in [0, 0.1) is 0 Å². The van der Waals surface area contributed by atoms with Crippen molar-refractivity contribution in [1.82, 2.24) is 4.98 Å². The van der Waals surface area contributed by atoms with Gasteiger partial charge in [-0.2, -0.15) is 0 Å². The van der Waals surface area contributed by atoms with Crippen molar-refractivity contribution in [1.29, 1.82) is 0 Å². The number of carbonyl (C=O) groups is 1. The van der Waals surface area contributed by atoms with Gasteiger partial charge < -0.3 is 20.9 Å². The van der Waals surface area contributed by atoms with Gasteiger partial charge in [-0.1, -0.05) is 12.1 Å². The summed E-state index contributed by atoms with van der Waals surface area (Å²) in [6.45, 7) is 0.262. The predicted octanol–water partition coefficient (Wildman–Crippen LogP) is 2.56. The third-order valence-corrected chi connectivity index (χ3v) is 5.02. The molecule has 3 aromatic rings. The van der Waals surface area contributed by atoms with Crippen molar-refractivity contribution in [3.63, 3.8) is 0 Å². The van der Waals surface area contributed by atoms with E-state index in [2.05, 4.69) is 15.0 Å². The number of nitrogens with zero attached hydrogens (tertiary/aromatic N) is 1. The third kappa shape index (κ3) is 3.79. The first-order chi connectivity index (χ1) is 12.1. The van der Waals surface area contributed by atoms with E-state index in [4.69, 9.17) is 5.73 Å². The molecule has 2 atom stereocenters. The number of carbonyl (C=O) groups excluding carboxylic acids is 1. The summed E-state index contributed by atoms with van der Waals surface area (Å²) < 4.78 is 5.73. The summed E-state index contributed by atoms with van der Waals surface area (Å²) in [5, 5.41) is 15.6. The van der Waals surface area contributed by atoms with Crippen molar-refractivity contribution in [2.75, 3.05) is 19.0 Å². The van der Waals surface area contributed by atoms with Crippen LogP contribution in [0.3, 0.4) is 0 Å². The summed E-state index contributed by atoms with van der Waals surface area (Å²) >= 11 is 1.52. The van der Waals surface area contributed by atoms with E-state index >= 15 is 0 Å². The number of aliphatic hydroxyl groups excluding tert-OH is 1. The Kier molecular flexibility index (Phi) is 5.28. The van der Waals surface area contributed by atoms with Gasteiger partial charge in [-0.15, -0.1) is 11.3 Å². The molecular formula is C18H19N3O3S. The van der Waals surface area contributed by atoms with Crippen LogP contribution in [0.2, 0.25) is 0 Å². The van der Waals surface area contributed by atoms with E-state index in [9.17, 15) is 9.90 Å². The lowest BCUT2D eigenvalue weighted by atomic mass is 9.96. The minimum absolute atomic E-state index is 0.262. The molecule has 0 saturated heterocycles. The maximum Gasteiger partial charge on any atom is 0.337 e. The van der Waals surface area contributed by atoms with Crippen molar-refractivity contribution in [3.8, 4) is 0 Å². The van der Waals surface area contributed by atoms with E-state index < -0.39 is 12.2 Å². The van der Waals surface area contributed by atoms with Gasteiger partial charge in [-0.05, 0) is 35.2 Å². The molecule has 2 heterocycles. The van der Waals surface area contributed by atoms with Crippen molar-refractivity contribution >= 4 is 32.4 Å². The average molecular weight is 357 g/mol. The minimum Gasteiger partial charge on any atom is -0.465 e. The summed E-state index contributed by atoms with van der Waals surface area (Å²) in [6, 6.07) is 10.8. The Morgan fingerprint density at radius 2 is 2.12 bits per heavy atom. The van der Waals surface area contributed by atoms with Gasteiger partial charge in [0.05, 0.1) is 22.4 Å². The fraction of sp³-hybridized carbons (Fsp3) is 0.222. The number of nitrogens with one attached hydrogen (secondary N) is 1. The molecule has 3 rings (SSSR count). The second kappa shape index (κ2) is 7.60. The summed E-state index contributed by atoms with van der Waals surface area (Å²) in [5.74, 6) is -0.705. The summed E-state index contributed by atoms with van der Waals surface area (Å²) in [5.41, 5.74) is 7.17. The number of aromatic nitrogens is 1. The zero-order valence-corrected chi connectivity index (χ0v) is 14.5. The smallest absolute Gasteiger partial charge is 0.337 e. The number of ether oxygens (including phenoxy) is 1. The molecule has 0 radical (unpaired) electrons. The lowest BCUT2D eigenvalue weighted by molar-refractivity contribution is 0.0600. The Balaban J connectivity index is 1.76. The Hall–Kier alpha value is -2.48. The number of nitrogens with two attached hydrogens (primary N) is 1. The van der Waals surface area contributed by atoms with Gasteiger partial charge in [-0.3, -0.25) is 4.98 Å². The summed E-state index contributed by atoms with van der Waals surface area (Å²) in [6.07, 6.45) is 2.68. The number of hydrogen-bond acceptors (Lipinski definition) is 7. The molecule has 0 saturated carbocycles. The second-order valence-electron chi connectivity index (χ2n) is 5.57. The van der Waals surface area contributed by atoms with Crippen LogP contribution in [0.25, 0.3) is 10.1 Å². The number of aliphatic hydroxyl groups is 1. The van der Waals surface area contributed by atoms with Crippen LogP contribution in [0.5, 0.6) is 0 Å². The summed E-state index contributed by atoms with van der Waals surface area (Å²) in [7, 11) is 1.34. The van der Waals surface area contributed by atoms with E-state index in [-0.39, 0.29) is 12.5 Å². The molecule has 6 nitrogen and oxygen atoms in total. The quantitative estimate of drug-likeness (QED) is 0.463. The van der Waals surface area contributed by atoms with Gasteiger partial charge in [0, 0.05) is 24.9 Å². The van der Waals surface area contributed by atoms with Crippen LogP contribution >= 0.6 is 11.3 Å². The molecule has 25 heavy (non-hydrogen) atoms. The van der Waals surface area contributed by atoms with E-state index in [1.807, 2.05) is 12.1 Å². The molecule has 0 spiro atoms. The number of rotatable bonds is 6. The molecule has 4 N–H and O–H groups in total. The SMILES string of the molecule is COC(=O)c1ccc(C(CN)C(O)Nc2cc3ccncc3s2)cc1. The largest absolute Gasteiger partial charge is 0.465 e. The Morgan fingerprint density at radius 1 is 1.36 bits per heavy atom. The molecular weight excluding hydrogens is 338 g/mol. The number of fused-ring (bicyclic) bond motifs is 1. The lowest BCUT2D eigenvalue weighted by Crippen LogP contribution is -2.32. The average Bonchev–Trinajstić information content (AvgIpc) is 3.04.